The van der Waals surface area contributed by atoms with E-state index in [-0.39, 0.29) is 0 Å². The second-order valence-electron chi connectivity index (χ2n) is 5.36. The molecule has 0 atom stereocenters. The van der Waals surface area contributed by atoms with Gasteiger partial charge in [0.1, 0.15) is 0 Å². The van der Waals surface area contributed by atoms with Crippen molar-refractivity contribution in [1.29, 1.82) is 0 Å². The Kier molecular flexibility index (Phi) is 3.87. The fraction of sp³-hybridized carbons (Fsp3) is 0.235. The Morgan fingerprint density at radius 2 is 1.91 bits per heavy atom. The van der Waals surface area contributed by atoms with E-state index in [9.17, 15) is 0 Å². The molecule has 0 saturated heterocycles. The maximum Gasteiger partial charge on any atom is 0.223 e. The van der Waals surface area contributed by atoms with Crippen LogP contribution in [0, 0.1) is 13.8 Å². The molecule has 0 amide bonds. The topological polar surface area (TPSA) is 55.6 Å². The van der Waals surface area contributed by atoms with Gasteiger partial charge in [-0.2, -0.15) is 5.10 Å². The van der Waals surface area contributed by atoms with Gasteiger partial charge in [-0.05, 0) is 19.4 Å². The predicted molar refractivity (Wildman–Crippen MR) is 87.5 cm³/mol. The van der Waals surface area contributed by atoms with Crippen LogP contribution < -0.4 is 5.32 Å². The first-order chi connectivity index (χ1) is 10.6. The number of nitrogens with zero attached hydrogens (tertiary/aromatic N) is 4. The summed E-state index contributed by atoms with van der Waals surface area (Å²) in [5.41, 5.74) is 5.31. The number of hydrogen-bond acceptors (Lipinski definition) is 4. The van der Waals surface area contributed by atoms with Crippen LogP contribution >= 0.6 is 0 Å². The summed E-state index contributed by atoms with van der Waals surface area (Å²) in [4.78, 5) is 8.76. The minimum Gasteiger partial charge on any atom is -0.350 e. The van der Waals surface area contributed by atoms with Crippen LogP contribution in [-0.4, -0.2) is 19.7 Å². The Bertz CT molecular complexity index is 777. The molecule has 0 aliphatic rings. The average Bonchev–Trinajstić information content (AvgIpc) is 2.90. The van der Waals surface area contributed by atoms with Gasteiger partial charge in [0, 0.05) is 42.8 Å². The molecule has 2 aromatic heterocycles. The van der Waals surface area contributed by atoms with Crippen LogP contribution in [0.1, 0.15) is 16.8 Å². The standard InChI is InChI=1S/C17H19N5/c1-12-9-18-17(20-13(12)2)19-10-15-11-22(3)21-16(15)14-7-5-4-6-8-14/h4-9,11H,10H2,1-3H3,(H,18,19,20). The van der Waals surface area contributed by atoms with E-state index in [2.05, 4.69) is 32.5 Å². The molecule has 0 aliphatic heterocycles. The van der Waals surface area contributed by atoms with Gasteiger partial charge < -0.3 is 5.32 Å². The zero-order chi connectivity index (χ0) is 15.5. The van der Waals surface area contributed by atoms with Crippen molar-refractivity contribution in [2.24, 2.45) is 7.05 Å². The van der Waals surface area contributed by atoms with Crippen molar-refractivity contribution in [3.63, 3.8) is 0 Å². The third kappa shape index (κ3) is 2.98. The molecule has 0 unspecified atom stereocenters. The molecule has 0 saturated carbocycles. The Labute approximate surface area is 130 Å². The highest BCUT2D eigenvalue weighted by Crippen LogP contribution is 2.22. The second-order valence-corrected chi connectivity index (χ2v) is 5.36. The summed E-state index contributed by atoms with van der Waals surface area (Å²) < 4.78 is 1.83. The van der Waals surface area contributed by atoms with Gasteiger partial charge in [0.25, 0.3) is 0 Å². The third-order valence-electron chi connectivity index (χ3n) is 3.61. The summed E-state index contributed by atoms with van der Waals surface area (Å²) >= 11 is 0. The van der Waals surface area contributed by atoms with Crippen molar-refractivity contribution in [1.82, 2.24) is 19.7 Å². The largest absolute Gasteiger partial charge is 0.350 e. The summed E-state index contributed by atoms with van der Waals surface area (Å²) in [6, 6.07) is 10.2. The van der Waals surface area contributed by atoms with Crippen LogP contribution in [0.4, 0.5) is 5.95 Å². The number of aromatic nitrogens is 4. The highest BCUT2D eigenvalue weighted by Gasteiger charge is 2.10. The molecule has 0 radical (unpaired) electrons. The minimum absolute atomic E-state index is 0.639. The van der Waals surface area contributed by atoms with Crippen LogP contribution in [0.3, 0.4) is 0 Å². The third-order valence-corrected chi connectivity index (χ3v) is 3.61. The summed E-state index contributed by atoms with van der Waals surface area (Å²) in [6.07, 6.45) is 3.86. The van der Waals surface area contributed by atoms with Gasteiger partial charge >= 0.3 is 0 Å². The molecule has 2 heterocycles. The van der Waals surface area contributed by atoms with Crippen molar-refractivity contribution < 1.29 is 0 Å². The number of hydrogen-bond donors (Lipinski definition) is 1. The van der Waals surface area contributed by atoms with E-state index >= 15 is 0 Å². The molecule has 0 bridgehead atoms. The first-order valence-corrected chi connectivity index (χ1v) is 7.25. The molecule has 3 rings (SSSR count). The highest BCUT2D eigenvalue weighted by molar-refractivity contribution is 5.62. The molecule has 0 fully saturated rings. The van der Waals surface area contributed by atoms with E-state index in [1.54, 1.807) is 0 Å². The van der Waals surface area contributed by atoms with Gasteiger partial charge in [-0.3, -0.25) is 4.68 Å². The molecule has 1 aromatic carbocycles. The molecule has 5 nitrogen and oxygen atoms in total. The lowest BCUT2D eigenvalue weighted by Gasteiger charge is -2.07. The maximum atomic E-state index is 4.56. The highest BCUT2D eigenvalue weighted by atomic mass is 15.3. The van der Waals surface area contributed by atoms with Crippen LogP contribution in [0.5, 0.6) is 0 Å². The monoisotopic (exact) mass is 293 g/mol. The molecular weight excluding hydrogens is 274 g/mol. The molecule has 1 N–H and O–H groups in total. The van der Waals surface area contributed by atoms with Gasteiger partial charge in [0.15, 0.2) is 0 Å². The normalized spacial score (nSPS) is 10.7. The number of nitrogens with one attached hydrogen (secondary N) is 1. The van der Waals surface area contributed by atoms with Crippen molar-refractivity contribution in [2.45, 2.75) is 20.4 Å². The smallest absolute Gasteiger partial charge is 0.223 e. The second kappa shape index (κ2) is 5.97. The van der Waals surface area contributed by atoms with Gasteiger partial charge in [0.05, 0.1) is 5.69 Å². The lowest BCUT2D eigenvalue weighted by molar-refractivity contribution is 0.770. The van der Waals surface area contributed by atoms with Crippen LogP contribution in [0.25, 0.3) is 11.3 Å². The summed E-state index contributed by atoms with van der Waals surface area (Å²) in [7, 11) is 1.93. The number of benzene rings is 1. The van der Waals surface area contributed by atoms with Crippen molar-refractivity contribution >= 4 is 5.95 Å². The quantitative estimate of drug-likeness (QED) is 0.803. The Morgan fingerprint density at radius 3 is 2.64 bits per heavy atom. The fourth-order valence-corrected chi connectivity index (χ4v) is 2.29. The Balaban J connectivity index is 1.82. The SMILES string of the molecule is Cc1cnc(NCc2cn(C)nc2-c2ccccc2)nc1C. The average molecular weight is 293 g/mol. The molecule has 0 aliphatic carbocycles. The van der Waals surface area contributed by atoms with Gasteiger partial charge in [-0.25, -0.2) is 9.97 Å². The lowest BCUT2D eigenvalue weighted by Crippen LogP contribution is -2.05. The Hall–Kier alpha value is -2.69. The molecule has 5 heteroatoms. The number of anilines is 1. The van der Waals surface area contributed by atoms with E-state index in [0.717, 1.165) is 28.1 Å². The summed E-state index contributed by atoms with van der Waals surface area (Å²) in [5.74, 6) is 0.644. The molecule has 112 valence electrons. The van der Waals surface area contributed by atoms with Crippen LogP contribution in [-0.2, 0) is 13.6 Å². The zero-order valence-electron chi connectivity index (χ0n) is 13.0. The summed E-state index contributed by atoms with van der Waals surface area (Å²) in [5, 5.41) is 7.84. The van der Waals surface area contributed by atoms with Gasteiger partial charge in [0.2, 0.25) is 5.95 Å². The maximum absolute atomic E-state index is 4.56. The van der Waals surface area contributed by atoms with Gasteiger partial charge in [-0.15, -0.1) is 0 Å². The van der Waals surface area contributed by atoms with Crippen molar-refractivity contribution in [2.75, 3.05) is 5.32 Å². The first-order valence-electron chi connectivity index (χ1n) is 7.25. The zero-order valence-corrected chi connectivity index (χ0v) is 13.0. The van der Waals surface area contributed by atoms with Crippen LogP contribution in [0.2, 0.25) is 0 Å². The van der Waals surface area contributed by atoms with E-state index in [1.165, 1.54) is 0 Å². The van der Waals surface area contributed by atoms with E-state index in [1.807, 2.05) is 56.2 Å². The minimum atomic E-state index is 0.639. The predicted octanol–water partition coefficient (Wildman–Crippen LogP) is 3.11. The van der Waals surface area contributed by atoms with Gasteiger partial charge in [-0.1, -0.05) is 30.3 Å². The summed E-state index contributed by atoms with van der Waals surface area (Å²) in [6.45, 7) is 4.63. The molecule has 22 heavy (non-hydrogen) atoms. The lowest BCUT2D eigenvalue weighted by atomic mass is 10.1. The van der Waals surface area contributed by atoms with E-state index in [4.69, 9.17) is 0 Å². The molecule has 0 spiro atoms. The van der Waals surface area contributed by atoms with Crippen molar-refractivity contribution in [3.8, 4) is 11.3 Å². The number of aryl methyl sites for hydroxylation is 3. The molecular formula is C17H19N5. The number of rotatable bonds is 4. The first kappa shape index (κ1) is 14.3. The fourth-order valence-electron chi connectivity index (χ4n) is 2.29. The molecule has 3 aromatic rings. The van der Waals surface area contributed by atoms with Crippen molar-refractivity contribution in [3.05, 3.63) is 59.5 Å². The van der Waals surface area contributed by atoms with E-state index in [0.29, 0.717) is 12.5 Å². The van der Waals surface area contributed by atoms with Crippen LogP contribution in [0.15, 0.2) is 42.7 Å². The Morgan fingerprint density at radius 1 is 1.14 bits per heavy atom. The van der Waals surface area contributed by atoms with E-state index < -0.39 is 0 Å².